The van der Waals surface area contributed by atoms with E-state index in [0.29, 0.717) is 23.9 Å². The molecule has 2 aromatic rings. The molecule has 0 aliphatic rings. The monoisotopic (exact) mass is 298 g/mol. The summed E-state index contributed by atoms with van der Waals surface area (Å²) in [5.41, 5.74) is -0.0585. The first-order valence-electron chi connectivity index (χ1n) is 6.64. The highest BCUT2D eigenvalue weighted by molar-refractivity contribution is 5.42. The van der Waals surface area contributed by atoms with Crippen LogP contribution in [0.3, 0.4) is 0 Å². The molecule has 0 bridgehead atoms. The first kappa shape index (κ1) is 15.5. The molecule has 2 rings (SSSR count). The van der Waals surface area contributed by atoms with Gasteiger partial charge in [-0.2, -0.15) is 18.3 Å². The number of nitrogens with zero attached hydrogens (tertiary/aromatic N) is 3. The van der Waals surface area contributed by atoms with E-state index >= 15 is 0 Å². The molecule has 4 nitrogen and oxygen atoms in total. The molecule has 1 N–H and O–H groups in total. The molecule has 21 heavy (non-hydrogen) atoms. The van der Waals surface area contributed by atoms with Crippen LogP contribution in [0.15, 0.2) is 18.2 Å². The number of halogens is 3. The van der Waals surface area contributed by atoms with Crippen LogP contribution in [-0.4, -0.2) is 21.3 Å². The summed E-state index contributed by atoms with van der Waals surface area (Å²) in [6, 6.07) is 4.23. The average Bonchev–Trinajstić information content (AvgIpc) is 2.74. The molecular weight excluding hydrogens is 281 g/mol. The van der Waals surface area contributed by atoms with Crippen LogP contribution in [-0.2, 0) is 12.7 Å². The van der Waals surface area contributed by atoms with Crippen LogP contribution < -0.4 is 5.32 Å². The van der Waals surface area contributed by atoms with E-state index in [4.69, 9.17) is 0 Å². The number of alkyl halides is 3. The number of aryl methyl sites for hydroxylation is 2. The lowest BCUT2D eigenvalue weighted by Crippen LogP contribution is -2.17. The van der Waals surface area contributed by atoms with E-state index in [1.165, 1.54) is 10.7 Å². The molecule has 1 aromatic heterocycles. The predicted octanol–water partition coefficient (Wildman–Crippen LogP) is 3.01. The van der Waals surface area contributed by atoms with Crippen LogP contribution in [0.25, 0.3) is 5.69 Å². The highest BCUT2D eigenvalue weighted by atomic mass is 19.4. The van der Waals surface area contributed by atoms with Gasteiger partial charge in [0.25, 0.3) is 0 Å². The van der Waals surface area contributed by atoms with Crippen molar-refractivity contribution in [1.29, 1.82) is 0 Å². The third-order valence-corrected chi connectivity index (χ3v) is 3.08. The van der Waals surface area contributed by atoms with E-state index in [-0.39, 0.29) is 12.1 Å². The maximum atomic E-state index is 13.2. The zero-order chi connectivity index (χ0) is 15.6. The van der Waals surface area contributed by atoms with Gasteiger partial charge in [-0.3, -0.25) is 0 Å². The molecule has 0 radical (unpaired) electrons. The summed E-state index contributed by atoms with van der Waals surface area (Å²) >= 11 is 0. The molecule has 1 aromatic carbocycles. The quantitative estimate of drug-likeness (QED) is 0.943. The molecule has 0 spiro atoms. The van der Waals surface area contributed by atoms with Gasteiger partial charge in [0.2, 0.25) is 0 Å². The number of rotatable bonds is 4. The number of aromatic nitrogens is 3. The molecular formula is C14H17F3N4. The van der Waals surface area contributed by atoms with E-state index in [9.17, 15) is 13.2 Å². The van der Waals surface area contributed by atoms with E-state index < -0.39 is 11.7 Å². The average molecular weight is 298 g/mol. The number of hydrogen-bond donors (Lipinski definition) is 1. The molecule has 0 saturated heterocycles. The van der Waals surface area contributed by atoms with Gasteiger partial charge in [-0.25, -0.2) is 9.67 Å². The third kappa shape index (κ3) is 3.41. The van der Waals surface area contributed by atoms with Gasteiger partial charge in [-0.05, 0) is 38.1 Å². The second kappa shape index (κ2) is 5.85. The summed E-state index contributed by atoms with van der Waals surface area (Å²) in [6.45, 7) is 6.05. The topological polar surface area (TPSA) is 42.7 Å². The van der Waals surface area contributed by atoms with Crippen molar-refractivity contribution < 1.29 is 13.2 Å². The van der Waals surface area contributed by atoms with E-state index in [1.54, 1.807) is 19.9 Å². The molecule has 0 aliphatic heterocycles. The van der Waals surface area contributed by atoms with Crippen molar-refractivity contribution in [1.82, 2.24) is 20.1 Å². The fourth-order valence-corrected chi connectivity index (χ4v) is 2.14. The van der Waals surface area contributed by atoms with Gasteiger partial charge in [0.1, 0.15) is 11.6 Å². The molecule has 114 valence electrons. The van der Waals surface area contributed by atoms with Crippen LogP contribution in [0.1, 0.15) is 29.7 Å². The van der Waals surface area contributed by atoms with Crippen LogP contribution in [0.2, 0.25) is 0 Å². The van der Waals surface area contributed by atoms with Crippen molar-refractivity contribution >= 4 is 0 Å². The van der Waals surface area contributed by atoms with Crippen molar-refractivity contribution in [2.75, 3.05) is 6.54 Å². The van der Waals surface area contributed by atoms with Gasteiger partial charge in [0.15, 0.2) is 0 Å². The fourth-order valence-electron chi connectivity index (χ4n) is 2.14. The van der Waals surface area contributed by atoms with E-state index in [2.05, 4.69) is 15.4 Å². The molecule has 0 amide bonds. The van der Waals surface area contributed by atoms with Gasteiger partial charge in [-0.15, -0.1) is 0 Å². The van der Waals surface area contributed by atoms with Gasteiger partial charge < -0.3 is 5.32 Å². The fraction of sp³-hybridized carbons (Fsp3) is 0.429. The first-order valence-corrected chi connectivity index (χ1v) is 6.64. The van der Waals surface area contributed by atoms with Gasteiger partial charge in [0.05, 0.1) is 11.3 Å². The molecule has 0 saturated carbocycles. The van der Waals surface area contributed by atoms with Crippen LogP contribution in [0, 0.1) is 13.8 Å². The van der Waals surface area contributed by atoms with Crippen molar-refractivity contribution in [3.8, 4) is 5.69 Å². The lowest BCUT2D eigenvalue weighted by atomic mass is 10.1. The maximum absolute atomic E-state index is 13.2. The third-order valence-electron chi connectivity index (χ3n) is 3.08. The highest BCUT2D eigenvalue weighted by Crippen LogP contribution is 2.33. The normalized spacial score (nSPS) is 11.9. The molecule has 0 unspecified atom stereocenters. The molecule has 1 heterocycles. The van der Waals surface area contributed by atoms with Crippen molar-refractivity contribution in [3.05, 3.63) is 41.0 Å². The summed E-state index contributed by atoms with van der Waals surface area (Å²) in [5.74, 6) is 1.08. The lowest BCUT2D eigenvalue weighted by Gasteiger charge is -2.15. The molecule has 0 fully saturated rings. The SMILES string of the molecule is CCNCc1ccc(-n2nc(C)nc2C)cc1C(F)(F)F. The standard InChI is InChI=1S/C14H17F3N4/c1-4-18-8-11-5-6-12(7-13(11)14(15,16)17)21-10(3)19-9(2)20-21/h5-7,18H,4,8H2,1-3H3. The highest BCUT2D eigenvalue weighted by Gasteiger charge is 2.33. The Morgan fingerprint density at radius 1 is 1.24 bits per heavy atom. The Morgan fingerprint density at radius 3 is 2.48 bits per heavy atom. The Balaban J connectivity index is 2.49. The van der Waals surface area contributed by atoms with Crippen LogP contribution >= 0.6 is 0 Å². The Kier molecular flexibility index (Phi) is 4.32. The Bertz CT molecular complexity index is 632. The van der Waals surface area contributed by atoms with Gasteiger partial charge in [-0.1, -0.05) is 13.0 Å². The smallest absolute Gasteiger partial charge is 0.313 e. The minimum atomic E-state index is -4.40. The number of nitrogens with one attached hydrogen (secondary N) is 1. The summed E-state index contributed by atoms with van der Waals surface area (Å²) in [7, 11) is 0. The summed E-state index contributed by atoms with van der Waals surface area (Å²) in [5, 5.41) is 7.04. The minimum Gasteiger partial charge on any atom is -0.313 e. The Labute approximate surface area is 121 Å². The second-order valence-corrected chi connectivity index (χ2v) is 4.74. The predicted molar refractivity (Wildman–Crippen MR) is 73.2 cm³/mol. The largest absolute Gasteiger partial charge is 0.416 e. The zero-order valence-corrected chi connectivity index (χ0v) is 12.1. The van der Waals surface area contributed by atoms with Crippen LogP contribution in [0.4, 0.5) is 13.2 Å². The number of benzene rings is 1. The van der Waals surface area contributed by atoms with Crippen LogP contribution in [0.5, 0.6) is 0 Å². The molecule has 0 aliphatic carbocycles. The Hall–Kier alpha value is -1.89. The van der Waals surface area contributed by atoms with Gasteiger partial charge in [0, 0.05) is 6.54 Å². The van der Waals surface area contributed by atoms with Crippen molar-refractivity contribution in [2.45, 2.75) is 33.5 Å². The van der Waals surface area contributed by atoms with E-state index in [0.717, 1.165) is 6.07 Å². The van der Waals surface area contributed by atoms with E-state index in [1.807, 2.05) is 6.92 Å². The summed E-state index contributed by atoms with van der Waals surface area (Å²) in [4.78, 5) is 4.11. The number of hydrogen-bond acceptors (Lipinski definition) is 3. The molecule has 7 heteroatoms. The Morgan fingerprint density at radius 2 is 1.95 bits per heavy atom. The van der Waals surface area contributed by atoms with Crippen molar-refractivity contribution in [2.24, 2.45) is 0 Å². The lowest BCUT2D eigenvalue weighted by molar-refractivity contribution is -0.138. The second-order valence-electron chi connectivity index (χ2n) is 4.74. The van der Waals surface area contributed by atoms with Gasteiger partial charge >= 0.3 is 6.18 Å². The summed E-state index contributed by atoms with van der Waals surface area (Å²) < 4.78 is 41.0. The first-order chi connectivity index (χ1) is 9.82. The molecule has 0 atom stereocenters. The van der Waals surface area contributed by atoms with Crippen molar-refractivity contribution in [3.63, 3.8) is 0 Å². The minimum absolute atomic E-state index is 0.182. The zero-order valence-electron chi connectivity index (χ0n) is 12.1. The summed E-state index contributed by atoms with van der Waals surface area (Å²) in [6.07, 6.45) is -4.40. The maximum Gasteiger partial charge on any atom is 0.416 e.